The number of nitrogen functional groups attached to an aromatic ring is 1. The molecule has 230 valence electrons. The summed E-state index contributed by atoms with van der Waals surface area (Å²) in [6.45, 7) is 0.305. The molecule has 2 saturated carbocycles. The summed E-state index contributed by atoms with van der Waals surface area (Å²) in [4.78, 5) is 43.3. The summed E-state index contributed by atoms with van der Waals surface area (Å²) < 4.78 is 0. The molecule has 6 N–H and O–H groups in total. The van der Waals surface area contributed by atoms with Crippen LogP contribution in [0.4, 0.5) is 0 Å². The lowest BCUT2D eigenvalue weighted by Gasteiger charge is -2.39. The van der Waals surface area contributed by atoms with Crippen LogP contribution in [0.3, 0.4) is 0 Å². The van der Waals surface area contributed by atoms with Gasteiger partial charge in [0, 0.05) is 24.6 Å². The number of amides is 3. The molecule has 1 aliphatic heterocycles. The molecule has 2 aliphatic carbocycles. The molecule has 1 heterocycles. The molecule has 1 saturated heterocycles. The predicted octanol–water partition coefficient (Wildman–Crippen LogP) is 3.42. The average Bonchev–Trinajstić information content (AvgIpc) is 3.43. The van der Waals surface area contributed by atoms with Crippen LogP contribution in [-0.2, 0) is 27.3 Å². The van der Waals surface area contributed by atoms with Gasteiger partial charge in [-0.2, -0.15) is 0 Å². The van der Waals surface area contributed by atoms with Gasteiger partial charge in [0.15, 0.2) is 0 Å². The number of likely N-dealkylation sites (tertiary alicyclic amines) is 1. The number of nitrogens with zero attached hydrogens (tertiary/aromatic N) is 1. The highest BCUT2D eigenvalue weighted by molar-refractivity contribution is 5.95. The van der Waals surface area contributed by atoms with Crippen LogP contribution in [0.25, 0.3) is 0 Å². The van der Waals surface area contributed by atoms with Gasteiger partial charge >= 0.3 is 0 Å². The summed E-state index contributed by atoms with van der Waals surface area (Å²) in [7, 11) is 0. The summed E-state index contributed by atoms with van der Waals surface area (Å²) >= 11 is 0. The number of hydrogen-bond donors (Lipinski definition) is 5. The summed E-state index contributed by atoms with van der Waals surface area (Å²) in [6.07, 6.45) is 8.23. The molecule has 2 aromatic carbocycles. The maximum atomic E-state index is 14.5. The zero-order valence-electron chi connectivity index (χ0n) is 24.8. The quantitative estimate of drug-likeness (QED) is 0.213. The number of fused-ring (bicyclic) bond motifs is 1. The number of aliphatic hydroxyl groups excluding tert-OH is 1. The number of nitrogens with two attached hydrogens (primary N) is 1. The van der Waals surface area contributed by atoms with Gasteiger partial charge in [0.2, 0.25) is 17.7 Å². The first-order valence-electron chi connectivity index (χ1n) is 15.9. The number of nitrogens with one attached hydrogen (secondary N) is 3. The van der Waals surface area contributed by atoms with E-state index in [-0.39, 0.29) is 41.9 Å². The van der Waals surface area contributed by atoms with Crippen molar-refractivity contribution in [2.45, 2.75) is 101 Å². The van der Waals surface area contributed by atoms with Gasteiger partial charge in [-0.05, 0) is 55.1 Å². The summed E-state index contributed by atoms with van der Waals surface area (Å²) in [5.41, 5.74) is 7.92. The molecule has 2 aromatic rings. The van der Waals surface area contributed by atoms with Crippen molar-refractivity contribution in [2.24, 2.45) is 17.6 Å². The van der Waals surface area contributed by atoms with E-state index in [0.29, 0.717) is 18.5 Å². The molecule has 3 fully saturated rings. The fourth-order valence-electron chi connectivity index (χ4n) is 7.31. The van der Waals surface area contributed by atoms with Gasteiger partial charge in [-0.25, -0.2) is 0 Å². The molecule has 43 heavy (non-hydrogen) atoms. The van der Waals surface area contributed by atoms with E-state index in [2.05, 4.69) is 10.6 Å². The molecular formula is C34H45N5O4. The van der Waals surface area contributed by atoms with Gasteiger partial charge < -0.3 is 26.4 Å². The molecule has 0 aromatic heterocycles. The van der Waals surface area contributed by atoms with Crippen molar-refractivity contribution < 1.29 is 19.5 Å². The van der Waals surface area contributed by atoms with Crippen LogP contribution in [0.15, 0.2) is 54.6 Å². The lowest BCUT2D eigenvalue weighted by atomic mass is 9.82. The number of amidine groups is 1. The first-order valence-corrected chi connectivity index (χ1v) is 15.9. The Balaban J connectivity index is 1.33. The van der Waals surface area contributed by atoms with Gasteiger partial charge in [-0.3, -0.25) is 19.8 Å². The Bertz CT molecular complexity index is 1280. The largest absolute Gasteiger partial charge is 0.384 e. The van der Waals surface area contributed by atoms with Crippen LogP contribution in [-0.4, -0.2) is 57.8 Å². The van der Waals surface area contributed by atoms with E-state index < -0.39 is 24.1 Å². The Labute approximate surface area is 254 Å². The Morgan fingerprint density at radius 3 is 2.28 bits per heavy atom. The maximum Gasteiger partial charge on any atom is 0.249 e. The molecule has 5 atom stereocenters. The zero-order valence-corrected chi connectivity index (χ0v) is 24.8. The minimum Gasteiger partial charge on any atom is -0.384 e. The highest BCUT2D eigenvalue weighted by Crippen LogP contribution is 2.41. The van der Waals surface area contributed by atoms with Crippen molar-refractivity contribution in [2.75, 3.05) is 0 Å². The summed E-state index contributed by atoms with van der Waals surface area (Å²) in [5, 5.41) is 24.4. The fraction of sp³-hybridized carbons (Fsp3) is 0.529. The average molecular weight is 588 g/mol. The third-order valence-corrected chi connectivity index (χ3v) is 9.64. The number of rotatable bonds is 10. The van der Waals surface area contributed by atoms with E-state index in [0.717, 1.165) is 68.9 Å². The number of carbonyl (C=O) groups is 3. The molecule has 3 aliphatic rings. The van der Waals surface area contributed by atoms with Gasteiger partial charge in [0.25, 0.3) is 0 Å². The molecule has 0 spiro atoms. The van der Waals surface area contributed by atoms with Gasteiger partial charge in [0.1, 0.15) is 24.0 Å². The number of aliphatic hydroxyl groups is 1. The fourth-order valence-corrected chi connectivity index (χ4v) is 7.31. The van der Waals surface area contributed by atoms with E-state index in [1.807, 2.05) is 42.5 Å². The third-order valence-electron chi connectivity index (χ3n) is 9.64. The number of benzene rings is 2. The van der Waals surface area contributed by atoms with Crippen LogP contribution < -0.4 is 16.4 Å². The van der Waals surface area contributed by atoms with E-state index >= 15 is 0 Å². The number of hydrogen-bond acceptors (Lipinski definition) is 5. The second kappa shape index (κ2) is 14.2. The standard InChI is InChI=1S/C34H45N5O4/c35-31(36)25-17-15-23(16-18-25)21-37-32(41)28-20-26-13-7-8-14-27(26)39(28)34(43)30(24-11-5-2-6-12-24)38-33(42)29(40)19-22-9-3-1-4-10-22/h1,3-4,9-10,15-18,24,26-30,40H,2,5-8,11-14,19-21H2,(H3,35,36)(H,37,41)(H,38,42)/t26-,27-,28-,29+,30?/m0/s1. The maximum absolute atomic E-state index is 14.5. The van der Waals surface area contributed by atoms with E-state index in [1.165, 1.54) is 0 Å². The first kappa shape index (κ1) is 30.7. The third kappa shape index (κ3) is 7.44. The van der Waals surface area contributed by atoms with Crippen molar-refractivity contribution in [1.29, 1.82) is 5.41 Å². The second-order valence-corrected chi connectivity index (χ2v) is 12.5. The van der Waals surface area contributed by atoms with Gasteiger partial charge in [0.05, 0.1) is 0 Å². The molecule has 0 radical (unpaired) electrons. The number of carbonyl (C=O) groups excluding carboxylic acids is 3. The SMILES string of the molecule is N=C(N)c1ccc(CNC(=O)[C@@H]2C[C@@H]3CCCC[C@@H]3N2C(=O)C(NC(=O)[C@H](O)Cc2ccccc2)C2CCCCC2)cc1. The highest BCUT2D eigenvalue weighted by Gasteiger charge is 2.50. The molecule has 9 nitrogen and oxygen atoms in total. The second-order valence-electron chi connectivity index (χ2n) is 12.5. The lowest BCUT2D eigenvalue weighted by molar-refractivity contribution is -0.146. The van der Waals surface area contributed by atoms with E-state index in [1.54, 1.807) is 17.0 Å². The molecular weight excluding hydrogens is 542 g/mol. The monoisotopic (exact) mass is 587 g/mol. The van der Waals surface area contributed by atoms with Crippen molar-refractivity contribution >= 4 is 23.6 Å². The van der Waals surface area contributed by atoms with Crippen LogP contribution in [0, 0.1) is 17.2 Å². The summed E-state index contributed by atoms with van der Waals surface area (Å²) in [6, 6.07) is 15.2. The minimum atomic E-state index is -1.27. The van der Waals surface area contributed by atoms with Crippen molar-refractivity contribution in [3.63, 3.8) is 0 Å². The highest BCUT2D eigenvalue weighted by atomic mass is 16.3. The molecule has 5 rings (SSSR count). The zero-order chi connectivity index (χ0) is 30.3. The topological polar surface area (TPSA) is 149 Å². The molecule has 1 unspecified atom stereocenters. The van der Waals surface area contributed by atoms with E-state index in [4.69, 9.17) is 11.1 Å². The van der Waals surface area contributed by atoms with Crippen molar-refractivity contribution in [1.82, 2.24) is 15.5 Å². The Morgan fingerprint density at radius 1 is 0.907 bits per heavy atom. The van der Waals surface area contributed by atoms with E-state index in [9.17, 15) is 19.5 Å². The van der Waals surface area contributed by atoms with Gasteiger partial charge in [-0.15, -0.1) is 0 Å². The molecule has 0 bridgehead atoms. The minimum absolute atomic E-state index is 0.00880. The van der Waals surface area contributed by atoms with Gasteiger partial charge in [-0.1, -0.05) is 86.7 Å². The Kier molecular flexibility index (Phi) is 10.1. The normalized spacial score (nSPS) is 23.6. The van der Waals surface area contributed by atoms with Crippen LogP contribution in [0.1, 0.15) is 80.9 Å². The van der Waals surface area contributed by atoms with Crippen LogP contribution in [0.2, 0.25) is 0 Å². The lowest BCUT2D eigenvalue weighted by Crippen LogP contribution is -2.59. The predicted molar refractivity (Wildman–Crippen MR) is 165 cm³/mol. The Hall–Kier alpha value is -3.72. The first-order chi connectivity index (χ1) is 20.8. The smallest absolute Gasteiger partial charge is 0.249 e. The van der Waals surface area contributed by atoms with Crippen LogP contribution >= 0.6 is 0 Å². The van der Waals surface area contributed by atoms with Crippen molar-refractivity contribution in [3.05, 3.63) is 71.3 Å². The van der Waals surface area contributed by atoms with Crippen LogP contribution in [0.5, 0.6) is 0 Å². The Morgan fingerprint density at radius 2 is 1.58 bits per heavy atom. The summed E-state index contributed by atoms with van der Waals surface area (Å²) in [5.74, 6) is -0.689. The molecule has 3 amide bonds. The van der Waals surface area contributed by atoms with Crippen molar-refractivity contribution in [3.8, 4) is 0 Å². The molecule has 9 heteroatoms.